The largest absolute Gasteiger partial charge is 0.481 e. The Balaban J connectivity index is 1.85. The second kappa shape index (κ2) is 10.4. The number of rotatable bonds is 10. The van der Waals surface area contributed by atoms with Crippen LogP contribution in [0, 0.1) is 11.7 Å². The summed E-state index contributed by atoms with van der Waals surface area (Å²) in [6.45, 7) is 0. The van der Waals surface area contributed by atoms with Gasteiger partial charge in [-0.15, -0.1) is 0 Å². The number of halogens is 1. The number of carbonyl (C=O) groups is 1. The Bertz CT molecular complexity index is 789. The molecule has 0 aliphatic heterocycles. The Labute approximate surface area is 160 Å². The summed E-state index contributed by atoms with van der Waals surface area (Å²) in [5, 5.41) is 9.68. The molecule has 0 bridgehead atoms. The topological polar surface area (TPSA) is 83.5 Å². The number of carboxylic acids is 1. The van der Waals surface area contributed by atoms with E-state index in [2.05, 4.69) is 4.72 Å². The van der Waals surface area contributed by atoms with Gasteiger partial charge in [-0.25, -0.2) is 17.5 Å². The molecule has 0 saturated heterocycles. The van der Waals surface area contributed by atoms with Crippen LogP contribution >= 0.6 is 0 Å². The van der Waals surface area contributed by atoms with E-state index < -0.39 is 21.8 Å². The second-order valence-corrected chi connectivity index (χ2v) is 8.41. The fraction of sp³-hybridized carbons (Fsp3) is 0.450. The molecule has 0 spiro atoms. The first-order valence-electron chi connectivity index (χ1n) is 9.18. The fourth-order valence-electron chi connectivity index (χ4n) is 3.26. The van der Waals surface area contributed by atoms with Gasteiger partial charge in [-0.2, -0.15) is 0 Å². The number of aliphatic carboxylic acids is 1. The molecule has 2 N–H and O–H groups in total. The molecule has 2 rings (SSSR count). The number of carboxylic acid groups (broad SMARTS) is 1. The zero-order valence-electron chi connectivity index (χ0n) is 15.2. The molecule has 148 valence electrons. The fourth-order valence-corrected chi connectivity index (χ4v) is 4.41. The molecule has 1 aromatic carbocycles. The SMILES string of the molecule is O=C(O)CCC/C=C/CC1CCCC1NS(=O)(=O)/C=C/c1cccc(F)c1. The lowest BCUT2D eigenvalue weighted by atomic mass is 10.00. The maximum absolute atomic E-state index is 13.2. The van der Waals surface area contributed by atoms with E-state index in [1.54, 1.807) is 6.07 Å². The van der Waals surface area contributed by atoms with E-state index in [-0.39, 0.29) is 18.4 Å². The Morgan fingerprint density at radius 3 is 2.85 bits per heavy atom. The Hall–Kier alpha value is -1.99. The van der Waals surface area contributed by atoms with Crippen LogP contribution < -0.4 is 4.72 Å². The first-order valence-corrected chi connectivity index (χ1v) is 10.7. The predicted octanol–water partition coefficient (Wildman–Crippen LogP) is 4.09. The lowest BCUT2D eigenvalue weighted by Crippen LogP contribution is -2.36. The maximum Gasteiger partial charge on any atom is 0.303 e. The van der Waals surface area contributed by atoms with Crippen LogP contribution in [0.5, 0.6) is 0 Å². The minimum atomic E-state index is -3.60. The lowest BCUT2D eigenvalue weighted by molar-refractivity contribution is -0.137. The molecular formula is C20H26FNO4S. The molecule has 2 unspecified atom stereocenters. The monoisotopic (exact) mass is 395 g/mol. The number of hydrogen-bond donors (Lipinski definition) is 2. The third kappa shape index (κ3) is 8.05. The van der Waals surface area contributed by atoms with Gasteiger partial charge < -0.3 is 5.11 Å². The minimum Gasteiger partial charge on any atom is -0.481 e. The van der Waals surface area contributed by atoms with E-state index in [4.69, 9.17) is 5.11 Å². The molecule has 1 saturated carbocycles. The summed E-state index contributed by atoms with van der Waals surface area (Å²) >= 11 is 0. The van der Waals surface area contributed by atoms with Crippen molar-refractivity contribution in [2.24, 2.45) is 5.92 Å². The van der Waals surface area contributed by atoms with Crippen LogP contribution in [0.1, 0.15) is 50.5 Å². The van der Waals surface area contributed by atoms with Gasteiger partial charge in [-0.05, 0) is 61.8 Å². The molecule has 0 amide bonds. The summed E-state index contributed by atoms with van der Waals surface area (Å²) in [5.41, 5.74) is 0.493. The quantitative estimate of drug-likeness (QED) is 0.462. The zero-order valence-corrected chi connectivity index (χ0v) is 16.0. The molecule has 2 atom stereocenters. The molecule has 1 fully saturated rings. The molecule has 7 heteroatoms. The van der Waals surface area contributed by atoms with Gasteiger partial charge in [-0.3, -0.25) is 4.79 Å². The standard InChI is InChI=1S/C20H26FNO4S/c21-18-10-5-7-16(15-18)13-14-27(25,26)22-19-11-6-9-17(19)8-3-1-2-4-12-20(23)24/h1,3,5,7,10,13-15,17,19,22H,2,4,6,8-9,11-12H2,(H,23,24)/b3-1+,14-13+. The van der Waals surface area contributed by atoms with Crippen molar-refractivity contribution < 1.29 is 22.7 Å². The van der Waals surface area contributed by atoms with Crippen molar-refractivity contribution in [3.05, 3.63) is 53.2 Å². The highest BCUT2D eigenvalue weighted by Gasteiger charge is 2.28. The third-order valence-electron chi connectivity index (χ3n) is 4.63. The van der Waals surface area contributed by atoms with E-state index in [0.717, 1.165) is 31.1 Å². The van der Waals surface area contributed by atoms with Crippen molar-refractivity contribution >= 4 is 22.1 Å². The Kier molecular flexibility index (Phi) is 8.19. The van der Waals surface area contributed by atoms with E-state index >= 15 is 0 Å². The highest BCUT2D eigenvalue weighted by Crippen LogP contribution is 2.29. The summed E-state index contributed by atoms with van der Waals surface area (Å²) in [6.07, 6.45) is 10.4. The van der Waals surface area contributed by atoms with E-state index in [0.29, 0.717) is 18.4 Å². The lowest BCUT2D eigenvalue weighted by Gasteiger charge is -2.18. The van der Waals surface area contributed by atoms with Crippen LogP contribution in [0.2, 0.25) is 0 Å². The Morgan fingerprint density at radius 1 is 1.30 bits per heavy atom. The van der Waals surface area contributed by atoms with Crippen LogP contribution in [0.3, 0.4) is 0 Å². The normalized spacial score (nSPS) is 20.6. The molecular weight excluding hydrogens is 369 g/mol. The number of hydrogen-bond acceptors (Lipinski definition) is 3. The predicted molar refractivity (Wildman–Crippen MR) is 104 cm³/mol. The highest BCUT2D eigenvalue weighted by atomic mass is 32.2. The molecule has 1 aromatic rings. The van der Waals surface area contributed by atoms with Crippen LogP contribution in [-0.2, 0) is 14.8 Å². The summed E-state index contributed by atoms with van der Waals surface area (Å²) < 4.78 is 40.5. The third-order valence-corrected chi connectivity index (χ3v) is 5.76. The van der Waals surface area contributed by atoms with Crippen LogP contribution in [0.15, 0.2) is 41.8 Å². The summed E-state index contributed by atoms with van der Waals surface area (Å²) in [6, 6.07) is 5.64. The second-order valence-electron chi connectivity index (χ2n) is 6.81. The smallest absolute Gasteiger partial charge is 0.303 e. The molecule has 1 aliphatic carbocycles. The number of unbranched alkanes of at least 4 members (excludes halogenated alkanes) is 1. The molecule has 0 aromatic heterocycles. The number of allylic oxidation sites excluding steroid dienone is 2. The average molecular weight is 395 g/mol. The van der Waals surface area contributed by atoms with E-state index in [9.17, 15) is 17.6 Å². The van der Waals surface area contributed by atoms with E-state index in [1.807, 2.05) is 12.2 Å². The maximum atomic E-state index is 13.2. The van der Waals surface area contributed by atoms with Crippen molar-refractivity contribution in [2.45, 2.75) is 51.0 Å². The zero-order chi connectivity index (χ0) is 19.7. The van der Waals surface area contributed by atoms with Gasteiger partial charge in [0.05, 0.1) is 0 Å². The van der Waals surface area contributed by atoms with Crippen molar-refractivity contribution in [1.82, 2.24) is 4.72 Å². The van der Waals surface area contributed by atoms with Crippen molar-refractivity contribution in [3.63, 3.8) is 0 Å². The molecule has 27 heavy (non-hydrogen) atoms. The van der Waals surface area contributed by atoms with Crippen LogP contribution in [0.4, 0.5) is 4.39 Å². The van der Waals surface area contributed by atoms with Gasteiger partial charge in [0.1, 0.15) is 5.82 Å². The molecule has 0 radical (unpaired) electrons. The molecule has 5 nitrogen and oxygen atoms in total. The van der Waals surface area contributed by atoms with Crippen LogP contribution in [-0.4, -0.2) is 25.5 Å². The molecule has 1 aliphatic rings. The summed E-state index contributed by atoms with van der Waals surface area (Å²) in [7, 11) is -3.60. The minimum absolute atomic E-state index is 0.115. The first-order chi connectivity index (χ1) is 12.9. The van der Waals surface area contributed by atoms with Gasteiger partial charge in [0.25, 0.3) is 0 Å². The number of nitrogens with one attached hydrogen (secondary N) is 1. The first kappa shape index (κ1) is 21.3. The summed E-state index contributed by atoms with van der Waals surface area (Å²) in [4.78, 5) is 10.5. The van der Waals surface area contributed by atoms with Gasteiger partial charge in [0.15, 0.2) is 0 Å². The van der Waals surface area contributed by atoms with E-state index in [1.165, 1.54) is 24.3 Å². The van der Waals surface area contributed by atoms with Crippen LogP contribution in [0.25, 0.3) is 6.08 Å². The number of benzene rings is 1. The molecule has 0 heterocycles. The van der Waals surface area contributed by atoms with Gasteiger partial charge in [0.2, 0.25) is 10.0 Å². The van der Waals surface area contributed by atoms with Crippen molar-refractivity contribution in [1.29, 1.82) is 0 Å². The van der Waals surface area contributed by atoms with Crippen molar-refractivity contribution in [2.75, 3.05) is 0 Å². The van der Waals surface area contributed by atoms with Gasteiger partial charge in [-0.1, -0.05) is 30.7 Å². The Morgan fingerprint density at radius 2 is 2.11 bits per heavy atom. The number of sulfonamides is 1. The average Bonchev–Trinajstić information content (AvgIpc) is 3.02. The van der Waals surface area contributed by atoms with Gasteiger partial charge in [0, 0.05) is 17.9 Å². The van der Waals surface area contributed by atoms with Gasteiger partial charge >= 0.3 is 5.97 Å². The van der Waals surface area contributed by atoms with Crippen molar-refractivity contribution in [3.8, 4) is 0 Å². The summed E-state index contributed by atoms with van der Waals surface area (Å²) in [5.74, 6) is -0.966. The highest BCUT2D eigenvalue weighted by molar-refractivity contribution is 7.92.